The topological polar surface area (TPSA) is 41.5 Å². The molecule has 0 fully saturated rings. The van der Waals surface area contributed by atoms with Crippen molar-refractivity contribution < 1.29 is 14.2 Å². The van der Waals surface area contributed by atoms with Crippen LogP contribution in [0.4, 0.5) is 4.39 Å². The lowest BCUT2D eigenvalue weighted by molar-refractivity contribution is 0.166. The minimum atomic E-state index is -0.860. The van der Waals surface area contributed by atoms with Gasteiger partial charge in [0.05, 0.1) is 13.2 Å². The van der Waals surface area contributed by atoms with E-state index in [1.165, 1.54) is 6.07 Å². The van der Waals surface area contributed by atoms with Gasteiger partial charge in [-0.3, -0.25) is 0 Å². The number of ether oxygens (including phenoxy) is 1. The van der Waals surface area contributed by atoms with Gasteiger partial charge < -0.3 is 15.2 Å². The number of para-hydroxylation sites is 1. The Morgan fingerprint density at radius 3 is 2.55 bits per heavy atom. The molecule has 0 radical (unpaired) electrons. The average Bonchev–Trinajstić information content (AvgIpc) is 2.53. The first kappa shape index (κ1) is 16.5. The van der Waals surface area contributed by atoms with Crippen molar-refractivity contribution in [1.82, 2.24) is 5.32 Å². The predicted octanol–water partition coefficient (Wildman–Crippen LogP) is 3.09. The van der Waals surface area contributed by atoms with Gasteiger partial charge in [0.2, 0.25) is 0 Å². The van der Waals surface area contributed by atoms with Gasteiger partial charge in [0, 0.05) is 18.2 Å². The van der Waals surface area contributed by atoms with E-state index in [0.717, 1.165) is 17.7 Å². The molecule has 0 aliphatic rings. The number of aliphatic hydroxyl groups is 1. The summed E-state index contributed by atoms with van der Waals surface area (Å²) >= 11 is 0. The third-order valence-electron chi connectivity index (χ3n) is 3.64. The third kappa shape index (κ3) is 4.29. The van der Waals surface area contributed by atoms with Crippen molar-refractivity contribution in [3.05, 3.63) is 65.5 Å². The molecule has 2 aromatic carbocycles. The largest absolute Gasteiger partial charge is 0.496 e. The van der Waals surface area contributed by atoms with Crippen molar-refractivity contribution in [2.75, 3.05) is 13.7 Å². The summed E-state index contributed by atoms with van der Waals surface area (Å²) in [6.07, 6.45) is -0.0881. The molecule has 0 aromatic heterocycles. The molecule has 2 atom stereocenters. The summed E-state index contributed by atoms with van der Waals surface area (Å²) in [7, 11) is 1.65. The van der Waals surface area contributed by atoms with Crippen molar-refractivity contribution in [2.24, 2.45) is 0 Å². The first-order chi connectivity index (χ1) is 10.6. The maximum atomic E-state index is 13.6. The van der Waals surface area contributed by atoms with E-state index in [-0.39, 0.29) is 11.9 Å². The second-order valence-corrected chi connectivity index (χ2v) is 5.36. The van der Waals surface area contributed by atoms with E-state index in [2.05, 4.69) is 5.32 Å². The van der Waals surface area contributed by atoms with Gasteiger partial charge in [-0.2, -0.15) is 0 Å². The second-order valence-electron chi connectivity index (χ2n) is 5.36. The number of halogens is 1. The van der Waals surface area contributed by atoms with Gasteiger partial charge >= 0.3 is 0 Å². The molecule has 118 valence electrons. The maximum Gasteiger partial charge on any atom is 0.129 e. The molecule has 2 aromatic rings. The molecular formula is C18H22FNO2. The monoisotopic (exact) mass is 303 g/mol. The fourth-order valence-corrected chi connectivity index (χ4v) is 2.44. The second kappa shape index (κ2) is 7.92. The minimum Gasteiger partial charge on any atom is -0.496 e. The van der Waals surface area contributed by atoms with Crippen LogP contribution in [0, 0.1) is 5.82 Å². The van der Waals surface area contributed by atoms with E-state index in [0.29, 0.717) is 12.1 Å². The van der Waals surface area contributed by atoms with Gasteiger partial charge in [-0.1, -0.05) is 36.4 Å². The number of hydrogen-bond acceptors (Lipinski definition) is 3. The number of nitrogens with one attached hydrogen (secondary N) is 1. The summed E-state index contributed by atoms with van der Waals surface area (Å²) in [4.78, 5) is 0. The normalized spacial score (nSPS) is 13.6. The molecular weight excluding hydrogens is 281 g/mol. The highest BCUT2D eigenvalue weighted by molar-refractivity contribution is 5.33. The van der Waals surface area contributed by atoms with Crippen LogP contribution in [0.15, 0.2) is 48.5 Å². The van der Waals surface area contributed by atoms with Crippen molar-refractivity contribution in [2.45, 2.75) is 25.5 Å². The Labute approximate surface area is 130 Å². The molecule has 0 amide bonds. The van der Waals surface area contributed by atoms with Crippen molar-refractivity contribution in [3.63, 3.8) is 0 Å². The summed E-state index contributed by atoms with van der Waals surface area (Å²) in [6, 6.07) is 14.3. The molecule has 22 heavy (non-hydrogen) atoms. The van der Waals surface area contributed by atoms with Crippen molar-refractivity contribution >= 4 is 0 Å². The van der Waals surface area contributed by atoms with Gasteiger partial charge in [0.1, 0.15) is 11.6 Å². The number of benzene rings is 2. The smallest absolute Gasteiger partial charge is 0.129 e. The summed E-state index contributed by atoms with van der Waals surface area (Å²) in [5.74, 6) is 0.472. The van der Waals surface area contributed by atoms with Crippen LogP contribution in [0.5, 0.6) is 5.75 Å². The van der Waals surface area contributed by atoms with Crippen LogP contribution in [0.1, 0.15) is 24.2 Å². The summed E-state index contributed by atoms with van der Waals surface area (Å²) in [5.41, 5.74) is 1.42. The fraction of sp³-hybridized carbons (Fsp3) is 0.333. The standard InChI is InChI=1S/C18H22FNO2/c1-13(11-14-7-3-6-10-18(14)22-2)20-12-17(21)15-8-4-5-9-16(15)19/h3-10,13,17,20-21H,11-12H2,1-2H3/t13?,17-/m0/s1. The lowest BCUT2D eigenvalue weighted by Crippen LogP contribution is -2.32. The van der Waals surface area contributed by atoms with Gasteiger partial charge in [-0.25, -0.2) is 4.39 Å². The number of aliphatic hydroxyl groups excluding tert-OH is 1. The molecule has 0 saturated heterocycles. The first-order valence-corrected chi connectivity index (χ1v) is 7.39. The molecule has 0 aliphatic carbocycles. The molecule has 1 unspecified atom stereocenters. The van der Waals surface area contributed by atoms with Crippen molar-refractivity contribution in [1.29, 1.82) is 0 Å². The quantitative estimate of drug-likeness (QED) is 0.826. The average molecular weight is 303 g/mol. The fourth-order valence-electron chi connectivity index (χ4n) is 2.44. The predicted molar refractivity (Wildman–Crippen MR) is 85.5 cm³/mol. The highest BCUT2D eigenvalue weighted by Crippen LogP contribution is 2.19. The van der Waals surface area contributed by atoms with Crippen LogP contribution in [-0.4, -0.2) is 24.8 Å². The van der Waals surface area contributed by atoms with Gasteiger partial charge in [0.25, 0.3) is 0 Å². The van der Waals surface area contributed by atoms with Gasteiger partial charge in [0.15, 0.2) is 0 Å². The Hall–Kier alpha value is -1.91. The van der Waals surface area contributed by atoms with Crippen LogP contribution in [0.25, 0.3) is 0 Å². The first-order valence-electron chi connectivity index (χ1n) is 7.39. The summed E-state index contributed by atoms with van der Waals surface area (Å²) < 4.78 is 18.9. The van der Waals surface area contributed by atoms with Crippen molar-refractivity contribution in [3.8, 4) is 5.75 Å². The van der Waals surface area contributed by atoms with E-state index >= 15 is 0 Å². The molecule has 0 heterocycles. The third-order valence-corrected chi connectivity index (χ3v) is 3.64. The molecule has 2 rings (SSSR count). The van der Waals surface area contributed by atoms with E-state index in [1.54, 1.807) is 25.3 Å². The lowest BCUT2D eigenvalue weighted by Gasteiger charge is -2.19. The van der Waals surface area contributed by atoms with E-state index in [1.807, 2.05) is 31.2 Å². The zero-order chi connectivity index (χ0) is 15.9. The molecule has 0 spiro atoms. The SMILES string of the molecule is COc1ccccc1CC(C)NC[C@H](O)c1ccccc1F. The van der Waals surface area contributed by atoms with Crippen LogP contribution in [-0.2, 0) is 6.42 Å². The molecule has 2 N–H and O–H groups in total. The van der Waals surface area contributed by atoms with Crippen LogP contribution in [0.2, 0.25) is 0 Å². The maximum absolute atomic E-state index is 13.6. The lowest BCUT2D eigenvalue weighted by atomic mass is 10.0. The van der Waals surface area contributed by atoms with Crippen LogP contribution in [0.3, 0.4) is 0 Å². The number of rotatable bonds is 7. The number of hydrogen-bond donors (Lipinski definition) is 2. The van der Waals surface area contributed by atoms with Gasteiger partial charge in [-0.15, -0.1) is 0 Å². The zero-order valence-corrected chi connectivity index (χ0v) is 12.9. The Balaban J connectivity index is 1.90. The van der Waals surface area contributed by atoms with E-state index in [4.69, 9.17) is 4.74 Å². The molecule has 0 bridgehead atoms. The minimum absolute atomic E-state index is 0.137. The molecule has 3 nitrogen and oxygen atoms in total. The summed E-state index contributed by atoms with van der Waals surface area (Å²) in [5, 5.41) is 13.3. The van der Waals surface area contributed by atoms with Crippen LogP contribution < -0.4 is 10.1 Å². The highest BCUT2D eigenvalue weighted by Gasteiger charge is 2.14. The highest BCUT2D eigenvalue weighted by atomic mass is 19.1. The molecule has 0 aliphatic heterocycles. The molecule has 4 heteroatoms. The Bertz CT molecular complexity index is 603. The zero-order valence-electron chi connectivity index (χ0n) is 12.9. The Morgan fingerprint density at radius 1 is 1.14 bits per heavy atom. The Kier molecular flexibility index (Phi) is 5.92. The summed E-state index contributed by atoms with van der Waals surface area (Å²) in [6.45, 7) is 2.33. The van der Waals surface area contributed by atoms with E-state index < -0.39 is 6.10 Å². The van der Waals surface area contributed by atoms with Gasteiger partial charge in [-0.05, 0) is 31.0 Å². The Morgan fingerprint density at radius 2 is 1.82 bits per heavy atom. The number of methoxy groups -OCH3 is 1. The van der Waals surface area contributed by atoms with Crippen LogP contribution >= 0.6 is 0 Å². The molecule has 0 saturated carbocycles. The van der Waals surface area contributed by atoms with E-state index in [9.17, 15) is 9.50 Å².